The Morgan fingerprint density at radius 2 is 2.10 bits per heavy atom. The lowest BCUT2D eigenvalue weighted by Crippen LogP contribution is -2.17. The van der Waals surface area contributed by atoms with Crippen molar-refractivity contribution >= 4 is 16.6 Å². The molecule has 0 spiro atoms. The minimum Gasteiger partial charge on any atom is -0.490 e. The zero-order valence-corrected chi connectivity index (χ0v) is 11.7. The molecular formula is C16H18N2O3. The minimum atomic E-state index is 0.0943. The second kappa shape index (κ2) is 6.01. The van der Waals surface area contributed by atoms with Gasteiger partial charge < -0.3 is 20.4 Å². The van der Waals surface area contributed by atoms with E-state index in [1.54, 1.807) is 0 Å². The SMILES string of the molecule is N/C(=N/O)c1ccc(OCC2CCCO2)c2ccccc12. The van der Waals surface area contributed by atoms with Crippen molar-refractivity contribution in [3.63, 3.8) is 0 Å². The number of hydrogen-bond acceptors (Lipinski definition) is 4. The molecule has 1 unspecified atom stereocenters. The Morgan fingerprint density at radius 3 is 2.81 bits per heavy atom. The third kappa shape index (κ3) is 2.78. The highest BCUT2D eigenvalue weighted by atomic mass is 16.5. The van der Waals surface area contributed by atoms with Crippen molar-refractivity contribution in [1.82, 2.24) is 0 Å². The maximum absolute atomic E-state index is 8.88. The van der Waals surface area contributed by atoms with Crippen LogP contribution in [-0.2, 0) is 4.74 Å². The molecule has 3 rings (SSSR count). The molecule has 3 N–H and O–H groups in total. The fraction of sp³-hybridized carbons (Fsp3) is 0.312. The van der Waals surface area contributed by atoms with Crippen molar-refractivity contribution < 1.29 is 14.7 Å². The number of fused-ring (bicyclic) bond motifs is 1. The minimum absolute atomic E-state index is 0.0943. The highest BCUT2D eigenvalue weighted by molar-refractivity contribution is 6.10. The summed E-state index contributed by atoms with van der Waals surface area (Å²) >= 11 is 0. The smallest absolute Gasteiger partial charge is 0.170 e. The maximum atomic E-state index is 8.88. The average molecular weight is 286 g/mol. The monoisotopic (exact) mass is 286 g/mol. The van der Waals surface area contributed by atoms with Crippen LogP contribution in [0.1, 0.15) is 18.4 Å². The van der Waals surface area contributed by atoms with Crippen molar-refractivity contribution in [1.29, 1.82) is 0 Å². The van der Waals surface area contributed by atoms with Gasteiger partial charge in [-0.2, -0.15) is 0 Å². The Kier molecular flexibility index (Phi) is 3.92. The van der Waals surface area contributed by atoms with Gasteiger partial charge in [-0.15, -0.1) is 0 Å². The van der Waals surface area contributed by atoms with Crippen LogP contribution in [0.15, 0.2) is 41.6 Å². The summed E-state index contributed by atoms with van der Waals surface area (Å²) < 4.78 is 11.5. The second-order valence-corrected chi connectivity index (χ2v) is 5.09. The predicted molar refractivity (Wildman–Crippen MR) is 80.9 cm³/mol. The summed E-state index contributed by atoms with van der Waals surface area (Å²) in [6, 6.07) is 11.4. The van der Waals surface area contributed by atoms with Crippen LogP contribution in [0.5, 0.6) is 5.75 Å². The van der Waals surface area contributed by atoms with Crippen LogP contribution in [0.3, 0.4) is 0 Å². The van der Waals surface area contributed by atoms with Gasteiger partial charge in [-0.3, -0.25) is 0 Å². The summed E-state index contributed by atoms with van der Waals surface area (Å²) in [6.45, 7) is 1.37. The molecular weight excluding hydrogens is 268 g/mol. The quantitative estimate of drug-likeness (QED) is 0.392. The van der Waals surface area contributed by atoms with Crippen LogP contribution >= 0.6 is 0 Å². The molecule has 5 heteroatoms. The molecule has 0 radical (unpaired) electrons. The molecule has 1 aliphatic heterocycles. The molecule has 0 saturated carbocycles. The van der Waals surface area contributed by atoms with Gasteiger partial charge in [0.05, 0.1) is 6.10 Å². The van der Waals surface area contributed by atoms with Crippen LogP contribution < -0.4 is 10.5 Å². The normalized spacial score (nSPS) is 19.0. The molecule has 0 aliphatic carbocycles. The predicted octanol–water partition coefficient (Wildman–Crippen LogP) is 2.49. The Balaban J connectivity index is 1.92. The zero-order chi connectivity index (χ0) is 14.7. The van der Waals surface area contributed by atoms with Crippen molar-refractivity contribution in [2.45, 2.75) is 18.9 Å². The highest BCUT2D eigenvalue weighted by Crippen LogP contribution is 2.29. The molecule has 1 aliphatic rings. The first-order chi connectivity index (χ1) is 10.3. The first-order valence-corrected chi connectivity index (χ1v) is 7.03. The first kappa shape index (κ1) is 13.7. The Hall–Kier alpha value is -2.27. The van der Waals surface area contributed by atoms with Gasteiger partial charge in [0, 0.05) is 17.6 Å². The molecule has 1 atom stereocenters. The largest absolute Gasteiger partial charge is 0.490 e. The summed E-state index contributed by atoms with van der Waals surface area (Å²) in [5, 5.41) is 13.8. The summed E-state index contributed by atoms with van der Waals surface area (Å²) in [6.07, 6.45) is 2.31. The van der Waals surface area contributed by atoms with Crippen molar-refractivity contribution in [3.8, 4) is 5.75 Å². The summed E-state index contributed by atoms with van der Waals surface area (Å²) in [4.78, 5) is 0. The molecule has 5 nitrogen and oxygen atoms in total. The fourth-order valence-corrected chi connectivity index (χ4v) is 2.63. The highest BCUT2D eigenvalue weighted by Gasteiger charge is 2.17. The fourth-order valence-electron chi connectivity index (χ4n) is 2.63. The number of nitrogens with zero attached hydrogens (tertiary/aromatic N) is 1. The van der Waals surface area contributed by atoms with Gasteiger partial charge in [0.1, 0.15) is 12.4 Å². The van der Waals surface area contributed by atoms with E-state index in [1.165, 1.54) is 0 Å². The number of hydrogen-bond donors (Lipinski definition) is 2. The number of rotatable bonds is 4. The molecule has 2 aromatic rings. The standard InChI is InChI=1S/C16H18N2O3/c17-16(18-19)14-7-8-15(13-6-2-1-5-12(13)14)21-10-11-4-3-9-20-11/h1-2,5-8,11,19H,3-4,9-10H2,(H2,17,18). The molecule has 2 aromatic carbocycles. The van der Waals surface area contributed by atoms with Gasteiger partial charge in [0.2, 0.25) is 0 Å². The van der Waals surface area contributed by atoms with Gasteiger partial charge in [-0.25, -0.2) is 0 Å². The number of ether oxygens (including phenoxy) is 2. The molecule has 21 heavy (non-hydrogen) atoms. The molecule has 0 bridgehead atoms. The van der Waals surface area contributed by atoms with Crippen LogP contribution in [-0.4, -0.2) is 30.4 Å². The third-order valence-electron chi connectivity index (χ3n) is 3.72. The van der Waals surface area contributed by atoms with E-state index in [9.17, 15) is 0 Å². The second-order valence-electron chi connectivity index (χ2n) is 5.09. The van der Waals surface area contributed by atoms with Gasteiger partial charge >= 0.3 is 0 Å². The topological polar surface area (TPSA) is 77.1 Å². The number of amidine groups is 1. The number of nitrogens with two attached hydrogens (primary N) is 1. The van der Waals surface area contributed by atoms with Crippen molar-refractivity contribution in [2.24, 2.45) is 10.9 Å². The molecule has 0 amide bonds. The number of benzene rings is 2. The summed E-state index contributed by atoms with van der Waals surface area (Å²) in [7, 11) is 0. The van der Waals surface area contributed by atoms with E-state index in [-0.39, 0.29) is 11.9 Å². The lowest BCUT2D eigenvalue weighted by atomic mass is 10.0. The Labute approximate surface area is 123 Å². The van der Waals surface area contributed by atoms with E-state index in [4.69, 9.17) is 20.4 Å². The van der Waals surface area contributed by atoms with Crippen LogP contribution in [0.2, 0.25) is 0 Å². The summed E-state index contributed by atoms with van der Waals surface area (Å²) in [5.41, 5.74) is 6.42. The molecule has 1 saturated heterocycles. The van der Waals surface area contributed by atoms with E-state index in [2.05, 4.69) is 5.16 Å². The maximum Gasteiger partial charge on any atom is 0.170 e. The zero-order valence-electron chi connectivity index (χ0n) is 11.7. The van der Waals surface area contributed by atoms with Gasteiger partial charge in [0.15, 0.2) is 5.84 Å². The lowest BCUT2D eigenvalue weighted by molar-refractivity contribution is 0.0685. The average Bonchev–Trinajstić information content (AvgIpc) is 3.05. The summed E-state index contributed by atoms with van der Waals surface area (Å²) in [5.74, 6) is 0.882. The van der Waals surface area contributed by atoms with Gasteiger partial charge in [0.25, 0.3) is 0 Å². The van der Waals surface area contributed by atoms with Crippen LogP contribution in [0.4, 0.5) is 0 Å². The van der Waals surface area contributed by atoms with Crippen LogP contribution in [0, 0.1) is 0 Å². The van der Waals surface area contributed by atoms with Crippen molar-refractivity contribution in [2.75, 3.05) is 13.2 Å². The third-order valence-corrected chi connectivity index (χ3v) is 3.72. The molecule has 110 valence electrons. The molecule has 1 fully saturated rings. The lowest BCUT2D eigenvalue weighted by Gasteiger charge is -2.14. The van der Waals surface area contributed by atoms with Crippen LogP contribution in [0.25, 0.3) is 10.8 Å². The van der Waals surface area contributed by atoms with E-state index in [1.807, 2.05) is 36.4 Å². The van der Waals surface area contributed by atoms with E-state index < -0.39 is 0 Å². The van der Waals surface area contributed by atoms with Crippen molar-refractivity contribution in [3.05, 3.63) is 42.0 Å². The van der Waals surface area contributed by atoms with Gasteiger partial charge in [-0.1, -0.05) is 29.4 Å². The molecule has 1 heterocycles. The Morgan fingerprint density at radius 1 is 1.29 bits per heavy atom. The molecule has 0 aromatic heterocycles. The number of oxime groups is 1. The first-order valence-electron chi connectivity index (χ1n) is 7.03. The van der Waals surface area contributed by atoms with Gasteiger partial charge in [-0.05, 0) is 30.4 Å². The van der Waals surface area contributed by atoms with E-state index in [0.717, 1.165) is 36.0 Å². The Bertz CT molecular complexity index is 664. The van der Waals surface area contributed by atoms with E-state index >= 15 is 0 Å². The van der Waals surface area contributed by atoms with E-state index in [0.29, 0.717) is 12.2 Å².